The molecule has 0 aliphatic heterocycles. The van der Waals surface area contributed by atoms with E-state index < -0.39 is 0 Å². The van der Waals surface area contributed by atoms with Crippen LogP contribution in [-0.2, 0) is 9.59 Å². The van der Waals surface area contributed by atoms with Crippen molar-refractivity contribution in [3.63, 3.8) is 0 Å². The van der Waals surface area contributed by atoms with Gasteiger partial charge in [-0.05, 0) is 65.8 Å². The van der Waals surface area contributed by atoms with E-state index in [2.05, 4.69) is 24.5 Å². The van der Waals surface area contributed by atoms with Crippen LogP contribution in [0.1, 0.15) is 89.0 Å². The van der Waals surface area contributed by atoms with Crippen LogP contribution in [0.4, 0.5) is 11.4 Å². The molecular weight excluding hydrogens is 436 g/mol. The highest BCUT2D eigenvalue weighted by Crippen LogP contribution is 2.52. The molecule has 0 aromatic heterocycles. The van der Waals surface area contributed by atoms with Crippen LogP contribution < -0.4 is 15.4 Å². The molecule has 1 aliphatic carbocycles. The highest BCUT2D eigenvalue weighted by atomic mass is 16.5. The number of ether oxygens (including phenoxy) is 1. The Morgan fingerprint density at radius 2 is 1.17 bits per heavy atom. The van der Waals surface area contributed by atoms with Gasteiger partial charge in [0.15, 0.2) is 0 Å². The van der Waals surface area contributed by atoms with E-state index in [1.165, 1.54) is 0 Å². The zero-order chi connectivity index (χ0) is 27.2. The third kappa shape index (κ3) is 11.9. The van der Waals surface area contributed by atoms with Crippen molar-refractivity contribution >= 4 is 23.2 Å². The molecule has 1 saturated carbocycles. The van der Waals surface area contributed by atoms with E-state index in [0.29, 0.717) is 17.9 Å². The van der Waals surface area contributed by atoms with Crippen LogP contribution in [0, 0.1) is 16.7 Å². The lowest BCUT2D eigenvalue weighted by molar-refractivity contribution is -0.118. The van der Waals surface area contributed by atoms with Crippen molar-refractivity contribution in [1.29, 1.82) is 0 Å². The molecule has 0 saturated heterocycles. The van der Waals surface area contributed by atoms with Crippen LogP contribution in [-0.4, -0.2) is 11.8 Å². The molecule has 1 fully saturated rings. The number of rotatable bonds is 6. The van der Waals surface area contributed by atoms with Crippen LogP contribution >= 0.6 is 0 Å². The number of carbonyl (C=O) groups is 2. The quantitative estimate of drug-likeness (QED) is 0.430. The molecule has 2 N–H and O–H groups in total. The molecule has 0 heterocycles. The maximum atomic E-state index is 12.2. The van der Waals surface area contributed by atoms with E-state index in [1.807, 2.05) is 111 Å². The fraction of sp³-hybridized carbons (Fsp3) is 0.533. The molecule has 1 atom stereocenters. The average Bonchev–Trinajstić information content (AvgIpc) is 3.47. The first-order chi connectivity index (χ1) is 16.5. The van der Waals surface area contributed by atoms with Crippen LogP contribution in [0.2, 0.25) is 0 Å². The largest absolute Gasteiger partial charge is 0.457 e. The summed E-state index contributed by atoms with van der Waals surface area (Å²) >= 11 is 0. The van der Waals surface area contributed by atoms with Crippen LogP contribution in [0.15, 0.2) is 48.5 Å². The Bertz CT molecular complexity index is 879. The molecule has 0 radical (unpaired) electrons. The summed E-state index contributed by atoms with van der Waals surface area (Å²) in [6.07, 6.45) is 1.40. The number of hydrogen-bond donors (Lipinski definition) is 2. The minimum Gasteiger partial charge on any atom is -0.457 e. The molecule has 1 aliphatic rings. The van der Waals surface area contributed by atoms with Crippen LogP contribution in [0.25, 0.3) is 0 Å². The monoisotopic (exact) mass is 484 g/mol. The molecule has 2 aromatic carbocycles. The Balaban J connectivity index is 0.00000179. The van der Waals surface area contributed by atoms with Crippen LogP contribution in [0.5, 0.6) is 11.5 Å². The molecule has 1 unspecified atom stereocenters. The van der Waals surface area contributed by atoms with Gasteiger partial charge in [-0.15, -0.1) is 0 Å². The van der Waals surface area contributed by atoms with E-state index in [4.69, 9.17) is 4.74 Å². The van der Waals surface area contributed by atoms with Gasteiger partial charge >= 0.3 is 0 Å². The first-order valence-electron chi connectivity index (χ1n) is 13.0. The summed E-state index contributed by atoms with van der Waals surface area (Å²) in [6, 6.07) is 14.6. The van der Waals surface area contributed by atoms with Crippen molar-refractivity contribution in [3.05, 3.63) is 48.5 Å². The Morgan fingerprint density at radius 1 is 0.800 bits per heavy atom. The van der Waals surface area contributed by atoms with Gasteiger partial charge in [-0.1, -0.05) is 76.2 Å². The standard InChI is InChI=1S/C24H30N2O3.3C2H6/c1-23(2,3)15-21(27)25-16-6-10-18(11-7-16)29-19-12-8-17(9-13-19)26-22(28)20-14-24(20,4)5;3*1-2/h6-13,20H,14-15H2,1-5H3,(H,25,27)(H,26,28);3*1-2H3. The lowest BCUT2D eigenvalue weighted by Crippen LogP contribution is -2.19. The summed E-state index contributed by atoms with van der Waals surface area (Å²) in [6.45, 7) is 22.3. The van der Waals surface area contributed by atoms with Gasteiger partial charge in [0.2, 0.25) is 11.8 Å². The molecule has 2 aromatic rings. The second-order valence-corrected chi connectivity index (χ2v) is 9.67. The van der Waals surface area contributed by atoms with Crippen molar-refractivity contribution < 1.29 is 14.3 Å². The summed E-state index contributed by atoms with van der Waals surface area (Å²) in [5, 5.41) is 5.86. The fourth-order valence-electron chi connectivity index (χ4n) is 3.18. The Kier molecular flexibility index (Phi) is 14.0. The summed E-state index contributed by atoms with van der Waals surface area (Å²) in [7, 11) is 0. The van der Waals surface area contributed by atoms with Gasteiger partial charge < -0.3 is 15.4 Å². The number of anilines is 2. The van der Waals surface area contributed by atoms with E-state index in [0.717, 1.165) is 17.8 Å². The molecule has 2 amide bonds. The number of nitrogens with one attached hydrogen (secondary N) is 2. The third-order valence-electron chi connectivity index (χ3n) is 5.02. The molecule has 196 valence electrons. The molecule has 0 bridgehead atoms. The maximum absolute atomic E-state index is 12.2. The smallest absolute Gasteiger partial charge is 0.228 e. The maximum Gasteiger partial charge on any atom is 0.228 e. The predicted molar refractivity (Wildman–Crippen MR) is 150 cm³/mol. The lowest BCUT2D eigenvalue weighted by Gasteiger charge is -2.17. The first kappa shape index (κ1) is 32.2. The van der Waals surface area contributed by atoms with Gasteiger partial charge in [-0.3, -0.25) is 9.59 Å². The molecule has 0 spiro atoms. The van der Waals surface area contributed by atoms with Gasteiger partial charge in [0.1, 0.15) is 11.5 Å². The zero-order valence-corrected chi connectivity index (χ0v) is 23.8. The second kappa shape index (κ2) is 15.2. The predicted octanol–water partition coefficient (Wildman–Crippen LogP) is 8.92. The van der Waals surface area contributed by atoms with Crippen molar-refractivity contribution in [2.24, 2.45) is 16.7 Å². The lowest BCUT2D eigenvalue weighted by atomic mass is 9.92. The minimum atomic E-state index is -0.0480. The van der Waals surface area contributed by atoms with Crippen molar-refractivity contribution in [2.75, 3.05) is 10.6 Å². The number of hydrogen-bond acceptors (Lipinski definition) is 3. The Hall–Kier alpha value is -2.82. The SMILES string of the molecule is CC.CC.CC.CC(C)(C)CC(=O)Nc1ccc(Oc2ccc(NC(=O)C3CC3(C)C)cc2)cc1. The summed E-state index contributed by atoms with van der Waals surface area (Å²) in [4.78, 5) is 24.2. The van der Waals surface area contributed by atoms with E-state index in [9.17, 15) is 9.59 Å². The molecular formula is C30H48N2O3. The summed E-state index contributed by atoms with van der Waals surface area (Å²) in [5.74, 6) is 1.53. The summed E-state index contributed by atoms with van der Waals surface area (Å²) < 4.78 is 5.85. The van der Waals surface area contributed by atoms with Gasteiger partial charge in [0.05, 0.1) is 0 Å². The molecule has 5 nitrogen and oxygen atoms in total. The van der Waals surface area contributed by atoms with E-state index >= 15 is 0 Å². The number of benzene rings is 2. The van der Waals surface area contributed by atoms with E-state index in [-0.39, 0.29) is 28.6 Å². The topological polar surface area (TPSA) is 67.4 Å². The minimum absolute atomic E-state index is 0.00149. The second-order valence-electron chi connectivity index (χ2n) is 9.67. The first-order valence-corrected chi connectivity index (χ1v) is 13.0. The van der Waals surface area contributed by atoms with Gasteiger partial charge in [0.25, 0.3) is 0 Å². The Labute approximate surface area is 214 Å². The van der Waals surface area contributed by atoms with Crippen molar-refractivity contribution in [1.82, 2.24) is 0 Å². The third-order valence-corrected chi connectivity index (χ3v) is 5.02. The number of amides is 2. The molecule has 3 rings (SSSR count). The zero-order valence-electron chi connectivity index (χ0n) is 23.8. The molecule has 5 heteroatoms. The highest BCUT2D eigenvalue weighted by molar-refractivity contribution is 5.95. The fourth-order valence-corrected chi connectivity index (χ4v) is 3.18. The van der Waals surface area contributed by atoms with Crippen LogP contribution in [0.3, 0.4) is 0 Å². The van der Waals surface area contributed by atoms with E-state index in [1.54, 1.807) is 0 Å². The highest BCUT2D eigenvalue weighted by Gasteiger charge is 2.50. The number of carbonyl (C=O) groups excluding carboxylic acids is 2. The van der Waals surface area contributed by atoms with Gasteiger partial charge in [-0.25, -0.2) is 0 Å². The van der Waals surface area contributed by atoms with Crippen molar-refractivity contribution in [2.45, 2.75) is 89.0 Å². The van der Waals surface area contributed by atoms with Crippen molar-refractivity contribution in [3.8, 4) is 11.5 Å². The molecule has 35 heavy (non-hydrogen) atoms. The average molecular weight is 485 g/mol. The normalized spacial score (nSPS) is 14.9. The summed E-state index contributed by atoms with van der Waals surface area (Å²) in [5.41, 5.74) is 1.58. The Morgan fingerprint density at radius 3 is 1.51 bits per heavy atom. The van der Waals surface area contributed by atoms with Gasteiger partial charge in [-0.2, -0.15) is 0 Å². The van der Waals surface area contributed by atoms with Gasteiger partial charge in [0, 0.05) is 23.7 Å².